The fourth-order valence-electron chi connectivity index (χ4n) is 11.9. The number of rotatable bonds is 3. The van der Waals surface area contributed by atoms with E-state index in [-0.39, 0.29) is 0 Å². The molecule has 0 aromatic heterocycles. The summed E-state index contributed by atoms with van der Waals surface area (Å²) in [4.78, 5) is 0. The van der Waals surface area contributed by atoms with Gasteiger partial charge in [-0.3, -0.25) is 0 Å². The SMILES string of the molecule is c1cc(-c2ccc3cc4c(cc3c2)C2(c3ccccc3-c3ccccc32)c2c-4ccc3ccccc23)cc(-c2c3ccccc3c(-c3cccc4ccccc34)c3ccccc23)c1. The van der Waals surface area contributed by atoms with Crippen LogP contribution in [0.1, 0.15) is 22.3 Å². The van der Waals surface area contributed by atoms with Crippen LogP contribution in [0.5, 0.6) is 0 Å². The molecule has 0 heteroatoms. The van der Waals surface area contributed by atoms with Gasteiger partial charge in [-0.2, -0.15) is 0 Å². The van der Waals surface area contributed by atoms with Gasteiger partial charge in [0.15, 0.2) is 0 Å². The molecule has 0 heterocycles. The summed E-state index contributed by atoms with van der Waals surface area (Å²) in [6.45, 7) is 0. The van der Waals surface area contributed by atoms with E-state index >= 15 is 0 Å². The molecule has 63 heavy (non-hydrogen) atoms. The lowest BCUT2D eigenvalue weighted by atomic mass is 9.69. The topological polar surface area (TPSA) is 0 Å². The fourth-order valence-corrected chi connectivity index (χ4v) is 11.9. The predicted molar refractivity (Wildman–Crippen MR) is 267 cm³/mol. The van der Waals surface area contributed by atoms with E-state index in [2.05, 4.69) is 231 Å². The van der Waals surface area contributed by atoms with Crippen molar-refractivity contribution >= 4 is 53.9 Å². The molecule has 0 amide bonds. The summed E-state index contributed by atoms with van der Waals surface area (Å²) < 4.78 is 0. The van der Waals surface area contributed by atoms with Crippen LogP contribution in [0.15, 0.2) is 231 Å². The zero-order valence-corrected chi connectivity index (χ0v) is 34.4. The van der Waals surface area contributed by atoms with Crippen LogP contribution in [0, 0.1) is 0 Å². The molecule has 0 unspecified atom stereocenters. The van der Waals surface area contributed by atoms with Crippen molar-refractivity contribution in [2.75, 3.05) is 0 Å². The zero-order chi connectivity index (χ0) is 41.2. The third-order valence-corrected chi connectivity index (χ3v) is 14.4. The standard InChI is InChI=1S/C63H38/c1-3-20-46-39(15-1)17-14-28-50(46)61-53-26-7-5-24-51(53)60(52-25-6-8-27-54(52)61)44-19-13-18-41(35-44)42-31-32-43-37-56-55-34-33-40-16-2-4-21-47(40)62(55)63(59(56)38-45(43)36-42)57-29-11-9-22-48(57)49-23-10-12-30-58(49)63/h1-38H. The van der Waals surface area contributed by atoms with Crippen LogP contribution in [-0.4, -0.2) is 0 Å². The molecule has 0 nitrogen and oxygen atoms in total. The molecule has 12 aromatic rings. The van der Waals surface area contributed by atoms with E-state index in [0.29, 0.717) is 0 Å². The first-order valence-corrected chi connectivity index (χ1v) is 22.1. The van der Waals surface area contributed by atoms with Crippen LogP contribution in [0.2, 0.25) is 0 Å². The predicted octanol–water partition coefficient (Wildman–Crippen LogP) is 16.8. The second-order valence-electron chi connectivity index (χ2n) is 17.5. The van der Waals surface area contributed by atoms with Gasteiger partial charge in [-0.1, -0.05) is 206 Å². The van der Waals surface area contributed by atoms with Crippen LogP contribution >= 0.6 is 0 Å². The van der Waals surface area contributed by atoms with Crippen LogP contribution in [0.4, 0.5) is 0 Å². The van der Waals surface area contributed by atoms with Gasteiger partial charge in [-0.15, -0.1) is 0 Å². The van der Waals surface area contributed by atoms with Crippen molar-refractivity contribution in [1.29, 1.82) is 0 Å². The molecule has 14 rings (SSSR count). The Bertz CT molecular complexity index is 3810. The third kappa shape index (κ3) is 4.70. The van der Waals surface area contributed by atoms with Crippen molar-refractivity contribution in [3.05, 3.63) is 253 Å². The van der Waals surface area contributed by atoms with Crippen LogP contribution in [-0.2, 0) is 5.41 Å². The quantitative estimate of drug-likeness (QED) is 0.156. The van der Waals surface area contributed by atoms with Gasteiger partial charge in [-0.25, -0.2) is 0 Å². The highest BCUT2D eigenvalue weighted by Crippen LogP contribution is 2.64. The lowest BCUT2D eigenvalue weighted by Crippen LogP contribution is -2.26. The highest BCUT2D eigenvalue weighted by atomic mass is 14.5. The summed E-state index contributed by atoms with van der Waals surface area (Å²) in [6, 6.07) is 86.6. The van der Waals surface area contributed by atoms with E-state index in [1.54, 1.807) is 0 Å². The van der Waals surface area contributed by atoms with E-state index in [1.807, 2.05) is 0 Å². The Morgan fingerprint density at radius 2 is 0.730 bits per heavy atom. The first-order chi connectivity index (χ1) is 31.3. The summed E-state index contributed by atoms with van der Waals surface area (Å²) in [7, 11) is 0. The first-order valence-electron chi connectivity index (χ1n) is 22.1. The molecule has 2 aliphatic carbocycles. The van der Waals surface area contributed by atoms with E-state index in [0.717, 1.165) is 0 Å². The van der Waals surface area contributed by atoms with Crippen molar-refractivity contribution < 1.29 is 0 Å². The number of fused-ring (bicyclic) bond motifs is 16. The molecule has 0 fully saturated rings. The minimum Gasteiger partial charge on any atom is -0.0619 e. The lowest BCUT2D eigenvalue weighted by Gasteiger charge is -2.31. The van der Waals surface area contributed by atoms with E-state index in [4.69, 9.17) is 0 Å². The summed E-state index contributed by atoms with van der Waals surface area (Å²) in [5.41, 5.74) is 17.9. The molecule has 0 saturated carbocycles. The smallest absolute Gasteiger partial charge is 0.0619 e. The Hall–Kier alpha value is -8.06. The van der Waals surface area contributed by atoms with Gasteiger partial charge < -0.3 is 0 Å². The average molecular weight is 795 g/mol. The van der Waals surface area contributed by atoms with E-state index < -0.39 is 5.41 Å². The minimum absolute atomic E-state index is 0.427. The van der Waals surface area contributed by atoms with Gasteiger partial charge in [0.2, 0.25) is 0 Å². The first kappa shape index (κ1) is 34.6. The fraction of sp³-hybridized carbons (Fsp3) is 0.0159. The Morgan fingerprint density at radius 1 is 0.222 bits per heavy atom. The number of hydrogen-bond donors (Lipinski definition) is 0. The molecule has 2 aliphatic rings. The maximum absolute atomic E-state index is 2.53. The summed E-state index contributed by atoms with van der Waals surface area (Å²) in [5.74, 6) is 0. The maximum Gasteiger partial charge on any atom is 0.0731 e. The molecule has 0 N–H and O–H groups in total. The molecule has 290 valence electrons. The van der Waals surface area contributed by atoms with E-state index in [1.165, 1.54) is 132 Å². The van der Waals surface area contributed by atoms with Crippen molar-refractivity contribution in [2.45, 2.75) is 5.41 Å². The average Bonchev–Trinajstić information content (AvgIpc) is 3.81. The highest BCUT2D eigenvalue weighted by molar-refractivity contribution is 6.23. The largest absolute Gasteiger partial charge is 0.0731 e. The number of hydrogen-bond acceptors (Lipinski definition) is 0. The Kier molecular flexibility index (Phi) is 7.13. The summed E-state index contributed by atoms with van der Waals surface area (Å²) in [6.07, 6.45) is 0. The molecule has 0 atom stereocenters. The molecule has 1 spiro atoms. The molecule has 0 saturated heterocycles. The monoisotopic (exact) mass is 794 g/mol. The summed E-state index contributed by atoms with van der Waals surface area (Å²) >= 11 is 0. The Labute approximate surface area is 366 Å². The molecule has 12 aromatic carbocycles. The van der Waals surface area contributed by atoms with Crippen LogP contribution in [0.3, 0.4) is 0 Å². The minimum atomic E-state index is -0.427. The van der Waals surface area contributed by atoms with Crippen molar-refractivity contribution in [1.82, 2.24) is 0 Å². The van der Waals surface area contributed by atoms with Gasteiger partial charge in [0, 0.05) is 0 Å². The Balaban J connectivity index is 0.976. The van der Waals surface area contributed by atoms with Crippen LogP contribution < -0.4 is 0 Å². The molecule has 0 aliphatic heterocycles. The number of benzene rings is 12. The molecular weight excluding hydrogens is 757 g/mol. The van der Waals surface area contributed by atoms with Gasteiger partial charge in [0.05, 0.1) is 5.41 Å². The van der Waals surface area contributed by atoms with Gasteiger partial charge in [0.25, 0.3) is 0 Å². The second kappa shape index (κ2) is 13.0. The van der Waals surface area contributed by atoms with Crippen LogP contribution in [0.25, 0.3) is 109 Å². The summed E-state index contributed by atoms with van der Waals surface area (Å²) in [5, 5.41) is 12.7. The second-order valence-corrected chi connectivity index (χ2v) is 17.5. The zero-order valence-electron chi connectivity index (χ0n) is 34.4. The van der Waals surface area contributed by atoms with Gasteiger partial charge >= 0.3 is 0 Å². The maximum atomic E-state index is 2.53. The van der Waals surface area contributed by atoms with E-state index in [9.17, 15) is 0 Å². The van der Waals surface area contributed by atoms with Gasteiger partial charge in [-0.05, 0) is 156 Å². The molecule has 0 radical (unpaired) electrons. The Morgan fingerprint density at radius 3 is 1.44 bits per heavy atom. The molecular formula is C63H38. The lowest BCUT2D eigenvalue weighted by molar-refractivity contribution is 0.802. The van der Waals surface area contributed by atoms with Crippen molar-refractivity contribution in [2.24, 2.45) is 0 Å². The third-order valence-electron chi connectivity index (χ3n) is 14.4. The highest BCUT2D eigenvalue weighted by Gasteiger charge is 2.52. The van der Waals surface area contributed by atoms with Crippen molar-refractivity contribution in [3.63, 3.8) is 0 Å². The van der Waals surface area contributed by atoms with Gasteiger partial charge in [0.1, 0.15) is 0 Å². The molecule has 0 bridgehead atoms. The van der Waals surface area contributed by atoms with Crippen molar-refractivity contribution in [3.8, 4) is 55.6 Å². The normalized spacial score (nSPS) is 13.2.